The third kappa shape index (κ3) is 3.03. The maximum absolute atomic E-state index is 12.0. The van der Waals surface area contributed by atoms with Crippen molar-refractivity contribution in [3.8, 4) is 5.69 Å². The van der Waals surface area contributed by atoms with Crippen molar-refractivity contribution in [2.75, 3.05) is 5.32 Å². The average Bonchev–Trinajstić information content (AvgIpc) is 2.33. The third-order valence-electron chi connectivity index (χ3n) is 2.55. The lowest BCUT2D eigenvalue weighted by atomic mass is 10.2. The lowest BCUT2D eigenvalue weighted by molar-refractivity contribution is -0.114. The highest BCUT2D eigenvalue weighted by Gasteiger charge is 2.06. The van der Waals surface area contributed by atoms with Crippen LogP contribution < -0.4 is 10.9 Å². The molecule has 1 aromatic carbocycles. The molecule has 1 N–H and O–H groups in total. The Balaban J connectivity index is 2.53. The molecule has 0 aliphatic rings. The van der Waals surface area contributed by atoms with Gasteiger partial charge in [0.2, 0.25) is 5.91 Å². The minimum Gasteiger partial charge on any atom is -0.326 e. The largest absolute Gasteiger partial charge is 0.326 e. The molecule has 0 unspecified atom stereocenters. The predicted molar refractivity (Wildman–Crippen MR) is 76.1 cm³/mol. The summed E-state index contributed by atoms with van der Waals surface area (Å²) >= 11 is 5.89. The monoisotopic (exact) mass is 276 g/mol. The standard InChI is InChI=1S/C14H13ClN2O2/c1-9-6-13(15)14(19)17(8-9)12-5-3-4-11(7-12)16-10(2)18/h3-8H,1-2H3,(H,16,18). The first-order chi connectivity index (χ1) is 8.97. The van der Waals surface area contributed by atoms with Crippen LogP contribution in [0, 0.1) is 6.92 Å². The molecule has 1 amide bonds. The molecule has 2 rings (SSSR count). The summed E-state index contributed by atoms with van der Waals surface area (Å²) in [6.45, 7) is 3.29. The highest BCUT2D eigenvalue weighted by Crippen LogP contribution is 2.15. The molecule has 1 aromatic heterocycles. The van der Waals surface area contributed by atoms with E-state index in [0.717, 1.165) is 5.56 Å². The number of pyridine rings is 1. The van der Waals surface area contributed by atoms with Crippen LogP contribution in [0.3, 0.4) is 0 Å². The summed E-state index contributed by atoms with van der Waals surface area (Å²) in [5.74, 6) is -0.160. The molecule has 0 saturated carbocycles. The smallest absolute Gasteiger partial charge is 0.273 e. The van der Waals surface area contributed by atoms with Crippen LogP contribution in [-0.4, -0.2) is 10.5 Å². The van der Waals surface area contributed by atoms with Crippen LogP contribution in [0.25, 0.3) is 5.69 Å². The molecule has 0 aliphatic heterocycles. The molecule has 2 aromatic rings. The average molecular weight is 277 g/mol. The zero-order valence-corrected chi connectivity index (χ0v) is 11.4. The van der Waals surface area contributed by atoms with Crippen LogP contribution in [-0.2, 0) is 4.79 Å². The van der Waals surface area contributed by atoms with Gasteiger partial charge in [-0.2, -0.15) is 0 Å². The molecular weight excluding hydrogens is 264 g/mol. The van der Waals surface area contributed by atoms with Gasteiger partial charge in [-0.15, -0.1) is 0 Å². The summed E-state index contributed by atoms with van der Waals surface area (Å²) < 4.78 is 1.46. The third-order valence-corrected chi connectivity index (χ3v) is 2.83. The van der Waals surface area contributed by atoms with Gasteiger partial charge in [0.15, 0.2) is 0 Å². The van der Waals surface area contributed by atoms with E-state index in [1.807, 2.05) is 6.92 Å². The predicted octanol–water partition coefficient (Wildman–Crippen LogP) is 2.76. The SMILES string of the molecule is CC(=O)Nc1cccc(-n2cc(C)cc(Cl)c2=O)c1. The number of nitrogens with zero attached hydrogens (tertiary/aromatic N) is 1. The molecule has 0 aliphatic carbocycles. The maximum Gasteiger partial charge on any atom is 0.273 e. The second-order valence-electron chi connectivity index (χ2n) is 4.27. The fourth-order valence-electron chi connectivity index (χ4n) is 1.80. The highest BCUT2D eigenvalue weighted by atomic mass is 35.5. The molecule has 0 saturated heterocycles. The first-order valence-electron chi connectivity index (χ1n) is 5.74. The molecule has 19 heavy (non-hydrogen) atoms. The van der Waals surface area contributed by atoms with E-state index in [-0.39, 0.29) is 16.5 Å². The number of anilines is 1. The number of aromatic nitrogens is 1. The van der Waals surface area contributed by atoms with Crippen molar-refractivity contribution < 1.29 is 4.79 Å². The Kier molecular flexibility index (Phi) is 3.71. The first-order valence-corrected chi connectivity index (χ1v) is 6.12. The lowest BCUT2D eigenvalue weighted by Gasteiger charge is -2.09. The number of benzene rings is 1. The minimum atomic E-state index is -0.285. The molecule has 0 atom stereocenters. The number of carbonyl (C=O) groups is 1. The molecule has 1 heterocycles. The quantitative estimate of drug-likeness (QED) is 0.917. The normalized spacial score (nSPS) is 10.3. The molecule has 0 radical (unpaired) electrons. The summed E-state index contributed by atoms with van der Waals surface area (Å²) in [7, 11) is 0. The Morgan fingerprint density at radius 1 is 1.32 bits per heavy atom. The van der Waals surface area contributed by atoms with Gasteiger partial charge < -0.3 is 5.32 Å². The molecule has 0 spiro atoms. The van der Waals surface area contributed by atoms with Gasteiger partial charge in [-0.1, -0.05) is 17.7 Å². The number of hydrogen-bond acceptors (Lipinski definition) is 2. The van der Waals surface area contributed by atoms with Crippen LogP contribution in [0.5, 0.6) is 0 Å². The highest BCUT2D eigenvalue weighted by molar-refractivity contribution is 6.30. The van der Waals surface area contributed by atoms with E-state index in [2.05, 4.69) is 5.32 Å². The summed E-state index contributed by atoms with van der Waals surface area (Å²) in [5.41, 5.74) is 1.89. The zero-order chi connectivity index (χ0) is 14.0. The van der Waals surface area contributed by atoms with Gasteiger partial charge >= 0.3 is 0 Å². The number of hydrogen-bond donors (Lipinski definition) is 1. The Morgan fingerprint density at radius 2 is 2.05 bits per heavy atom. The van der Waals surface area contributed by atoms with E-state index in [9.17, 15) is 9.59 Å². The van der Waals surface area contributed by atoms with Crippen molar-refractivity contribution in [3.63, 3.8) is 0 Å². The number of carbonyl (C=O) groups excluding carboxylic acids is 1. The van der Waals surface area contributed by atoms with Gasteiger partial charge in [0.25, 0.3) is 5.56 Å². The molecular formula is C14H13ClN2O2. The van der Waals surface area contributed by atoms with Gasteiger partial charge in [-0.3, -0.25) is 14.2 Å². The van der Waals surface area contributed by atoms with E-state index < -0.39 is 0 Å². The topological polar surface area (TPSA) is 51.1 Å². The van der Waals surface area contributed by atoms with Crippen LogP contribution in [0.4, 0.5) is 5.69 Å². The van der Waals surface area contributed by atoms with Crippen molar-refractivity contribution in [2.45, 2.75) is 13.8 Å². The summed E-state index contributed by atoms with van der Waals surface area (Å²) in [5, 5.41) is 2.85. The second kappa shape index (κ2) is 5.28. The Morgan fingerprint density at radius 3 is 2.74 bits per heavy atom. The van der Waals surface area contributed by atoms with Crippen LogP contribution in [0.15, 0.2) is 41.3 Å². The number of nitrogens with one attached hydrogen (secondary N) is 1. The summed E-state index contributed by atoms with van der Waals surface area (Å²) in [6, 6.07) is 8.65. The van der Waals surface area contributed by atoms with Gasteiger partial charge in [-0.25, -0.2) is 0 Å². The zero-order valence-electron chi connectivity index (χ0n) is 10.6. The fourth-order valence-corrected chi connectivity index (χ4v) is 2.07. The van der Waals surface area contributed by atoms with Crippen molar-refractivity contribution in [1.29, 1.82) is 0 Å². The molecule has 5 heteroatoms. The van der Waals surface area contributed by atoms with Gasteiger partial charge in [0.05, 0.1) is 5.69 Å². The van der Waals surface area contributed by atoms with Gasteiger partial charge in [0, 0.05) is 18.8 Å². The van der Waals surface area contributed by atoms with E-state index in [0.29, 0.717) is 11.4 Å². The van der Waals surface area contributed by atoms with Crippen molar-refractivity contribution >= 4 is 23.2 Å². The molecule has 0 bridgehead atoms. The lowest BCUT2D eigenvalue weighted by Crippen LogP contribution is -2.18. The van der Waals surface area contributed by atoms with Gasteiger partial charge in [-0.05, 0) is 36.8 Å². The van der Waals surface area contributed by atoms with Crippen LogP contribution in [0.1, 0.15) is 12.5 Å². The Bertz CT molecular complexity index is 692. The van der Waals surface area contributed by atoms with Crippen molar-refractivity contribution in [2.24, 2.45) is 0 Å². The summed E-state index contributed by atoms with van der Waals surface area (Å²) in [6.07, 6.45) is 1.71. The number of rotatable bonds is 2. The first kappa shape index (κ1) is 13.4. The Hall–Kier alpha value is -2.07. The second-order valence-corrected chi connectivity index (χ2v) is 4.68. The molecule has 98 valence electrons. The molecule has 0 fully saturated rings. The Labute approximate surface area is 115 Å². The van der Waals surface area contributed by atoms with Crippen molar-refractivity contribution in [3.05, 3.63) is 57.5 Å². The van der Waals surface area contributed by atoms with E-state index in [4.69, 9.17) is 11.6 Å². The summed E-state index contributed by atoms with van der Waals surface area (Å²) in [4.78, 5) is 23.0. The van der Waals surface area contributed by atoms with E-state index in [1.54, 1.807) is 36.5 Å². The van der Waals surface area contributed by atoms with Crippen molar-refractivity contribution in [1.82, 2.24) is 4.57 Å². The van der Waals surface area contributed by atoms with Crippen LogP contribution in [0.2, 0.25) is 5.02 Å². The number of amides is 1. The molecule has 4 nitrogen and oxygen atoms in total. The van der Waals surface area contributed by atoms with Gasteiger partial charge in [0.1, 0.15) is 5.02 Å². The number of halogens is 1. The van der Waals surface area contributed by atoms with E-state index >= 15 is 0 Å². The fraction of sp³-hybridized carbons (Fsp3) is 0.143. The number of aryl methyl sites for hydroxylation is 1. The minimum absolute atomic E-state index is 0.160. The maximum atomic E-state index is 12.0. The van der Waals surface area contributed by atoms with E-state index in [1.165, 1.54) is 11.5 Å². The van der Waals surface area contributed by atoms with Crippen LogP contribution >= 0.6 is 11.6 Å².